The van der Waals surface area contributed by atoms with Gasteiger partial charge < -0.3 is 5.32 Å². The van der Waals surface area contributed by atoms with E-state index in [0.29, 0.717) is 16.5 Å². The van der Waals surface area contributed by atoms with Crippen molar-refractivity contribution in [3.05, 3.63) is 44.1 Å². The van der Waals surface area contributed by atoms with Crippen molar-refractivity contribution in [1.29, 1.82) is 0 Å². The van der Waals surface area contributed by atoms with Crippen LogP contribution in [0.15, 0.2) is 22.8 Å². The average molecular weight is 364 g/mol. The number of hydrogen-bond acceptors (Lipinski definition) is 3. The fourth-order valence-electron chi connectivity index (χ4n) is 1.98. The van der Waals surface area contributed by atoms with Crippen molar-refractivity contribution in [2.45, 2.75) is 12.5 Å². The first kappa shape index (κ1) is 14.8. The molecule has 2 aromatic rings. The SMILES string of the molecule is CNC(Cc1c(Cl)cccc1Cl)c1c(Br)nnn1C. The molecule has 0 aliphatic rings. The monoisotopic (exact) mass is 362 g/mol. The molecule has 0 bridgehead atoms. The lowest BCUT2D eigenvalue weighted by molar-refractivity contribution is 0.533. The van der Waals surface area contributed by atoms with Gasteiger partial charge in [-0.3, -0.25) is 0 Å². The molecule has 19 heavy (non-hydrogen) atoms. The molecule has 0 saturated heterocycles. The van der Waals surface area contributed by atoms with Crippen molar-refractivity contribution in [2.24, 2.45) is 7.05 Å². The van der Waals surface area contributed by atoms with Gasteiger partial charge in [0.2, 0.25) is 0 Å². The van der Waals surface area contributed by atoms with Crippen LogP contribution >= 0.6 is 39.1 Å². The molecule has 2 rings (SSSR count). The molecule has 1 N–H and O–H groups in total. The van der Waals surface area contributed by atoms with E-state index < -0.39 is 0 Å². The Balaban J connectivity index is 2.35. The summed E-state index contributed by atoms with van der Waals surface area (Å²) >= 11 is 15.8. The third kappa shape index (κ3) is 3.11. The zero-order chi connectivity index (χ0) is 14.0. The molecule has 1 atom stereocenters. The fraction of sp³-hybridized carbons (Fsp3) is 0.333. The number of aryl methyl sites for hydroxylation is 1. The molecule has 1 aromatic heterocycles. The highest BCUT2D eigenvalue weighted by molar-refractivity contribution is 9.10. The number of nitrogens with zero attached hydrogens (tertiary/aromatic N) is 3. The van der Waals surface area contributed by atoms with Gasteiger partial charge in [-0.25, -0.2) is 4.68 Å². The Morgan fingerprint density at radius 3 is 2.47 bits per heavy atom. The summed E-state index contributed by atoms with van der Waals surface area (Å²) in [6, 6.07) is 5.54. The number of hydrogen-bond donors (Lipinski definition) is 1. The van der Waals surface area contributed by atoms with Crippen LogP contribution < -0.4 is 5.32 Å². The summed E-state index contributed by atoms with van der Waals surface area (Å²) in [7, 11) is 3.74. The van der Waals surface area contributed by atoms with Gasteiger partial charge in [0.25, 0.3) is 0 Å². The van der Waals surface area contributed by atoms with Crippen LogP contribution in [0.2, 0.25) is 10.0 Å². The van der Waals surface area contributed by atoms with E-state index in [4.69, 9.17) is 23.2 Å². The predicted molar refractivity (Wildman–Crippen MR) is 80.7 cm³/mol. The minimum Gasteiger partial charge on any atom is -0.311 e. The van der Waals surface area contributed by atoms with Crippen LogP contribution in [0, 0.1) is 0 Å². The fourth-order valence-corrected chi connectivity index (χ4v) is 3.13. The summed E-state index contributed by atoms with van der Waals surface area (Å²) in [4.78, 5) is 0. The molecule has 0 fully saturated rings. The van der Waals surface area contributed by atoms with Gasteiger partial charge in [0.15, 0.2) is 4.60 Å². The number of aromatic nitrogens is 3. The van der Waals surface area contributed by atoms with Crippen molar-refractivity contribution in [3.63, 3.8) is 0 Å². The minimum absolute atomic E-state index is 0.0202. The molecular formula is C12H13BrCl2N4. The molecule has 0 amide bonds. The molecule has 0 spiro atoms. The topological polar surface area (TPSA) is 42.7 Å². The number of likely N-dealkylation sites (N-methyl/N-ethyl adjacent to an activating group) is 1. The highest BCUT2D eigenvalue weighted by atomic mass is 79.9. The standard InChI is InChI=1S/C12H13BrCl2N4/c1-16-10(11-12(13)17-18-19(11)2)6-7-8(14)4-3-5-9(7)15/h3-5,10,16H,6H2,1-2H3. The van der Waals surface area contributed by atoms with Crippen molar-refractivity contribution in [2.75, 3.05) is 7.05 Å². The number of nitrogens with one attached hydrogen (secondary N) is 1. The molecule has 4 nitrogen and oxygen atoms in total. The Kier molecular flexibility index (Phi) is 4.84. The maximum atomic E-state index is 6.21. The molecular weight excluding hydrogens is 351 g/mol. The van der Waals surface area contributed by atoms with Gasteiger partial charge in [-0.15, -0.1) is 5.10 Å². The van der Waals surface area contributed by atoms with Gasteiger partial charge in [0, 0.05) is 17.1 Å². The first-order chi connectivity index (χ1) is 9.04. The zero-order valence-corrected chi connectivity index (χ0v) is 13.6. The third-order valence-corrected chi connectivity index (χ3v) is 4.25. The Morgan fingerprint density at radius 2 is 2.00 bits per heavy atom. The average Bonchev–Trinajstić information content (AvgIpc) is 2.70. The van der Waals surface area contributed by atoms with E-state index in [-0.39, 0.29) is 6.04 Å². The normalized spacial score (nSPS) is 12.7. The predicted octanol–water partition coefficient (Wildman–Crippen LogP) is 3.39. The molecule has 0 saturated carbocycles. The van der Waals surface area contributed by atoms with Crippen molar-refractivity contribution in [1.82, 2.24) is 20.3 Å². The first-order valence-electron chi connectivity index (χ1n) is 5.69. The van der Waals surface area contributed by atoms with E-state index in [1.54, 1.807) is 4.68 Å². The van der Waals surface area contributed by atoms with E-state index in [0.717, 1.165) is 15.9 Å². The maximum absolute atomic E-state index is 6.21. The van der Waals surface area contributed by atoms with Crippen molar-refractivity contribution < 1.29 is 0 Å². The van der Waals surface area contributed by atoms with Crippen LogP contribution in [-0.2, 0) is 13.5 Å². The number of halogens is 3. The lowest BCUT2D eigenvalue weighted by atomic mass is 10.0. The van der Waals surface area contributed by atoms with E-state index >= 15 is 0 Å². The van der Waals surface area contributed by atoms with Crippen LogP contribution in [0.4, 0.5) is 0 Å². The van der Waals surface area contributed by atoms with Crippen LogP contribution in [0.5, 0.6) is 0 Å². The van der Waals surface area contributed by atoms with Gasteiger partial charge in [-0.05, 0) is 47.1 Å². The van der Waals surface area contributed by atoms with Crippen LogP contribution in [0.25, 0.3) is 0 Å². The second kappa shape index (κ2) is 6.22. The molecule has 1 unspecified atom stereocenters. The molecule has 1 heterocycles. The van der Waals surface area contributed by atoms with Crippen LogP contribution in [0.3, 0.4) is 0 Å². The lowest BCUT2D eigenvalue weighted by Gasteiger charge is -2.18. The summed E-state index contributed by atoms with van der Waals surface area (Å²) < 4.78 is 2.45. The van der Waals surface area contributed by atoms with Crippen molar-refractivity contribution in [3.8, 4) is 0 Å². The quantitative estimate of drug-likeness (QED) is 0.905. The highest BCUT2D eigenvalue weighted by Crippen LogP contribution is 2.30. The smallest absolute Gasteiger partial charge is 0.153 e. The number of benzene rings is 1. The van der Waals surface area contributed by atoms with Gasteiger partial charge in [-0.2, -0.15) is 0 Å². The van der Waals surface area contributed by atoms with Gasteiger partial charge in [0.1, 0.15) is 0 Å². The Hall–Kier alpha value is -0.620. The summed E-state index contributed by atoms with van der Waals surface area (Å²) in [6.07, 6.45) is 0.662. The molecule has 0 radical (unpaired) electrons. The maximum Gasteiger partial charge on any atom is 0.153 e. The van der Waals surface area contributed by atoms with Gasteiger partial charge >= 0.3 is 0 Å². The third-order valence-electron chi connectivity index (χ3n) is 2.98. The van der Waals surface area contributed by atoms with Gasteiger partial charge in [0.05, 0.1) is 11.7 Å². The van der Waals surface area contributed by atoms with Gasteiger partial charge in [-0.1, -0.05) is 34.5 Å². The second-order valence-corrected chi connectivity index (χ2v) is 5.70. The summed E-state index contributed by atoms with van der Waals surface area (Å²) in [5.41, 5.74) is 1.87. The summed E-state index contributed by atoms with van der Waals surface area (Å²) in [6.45, 7) is 0. The first-order valence-corrected chi connectivity index (χ1v) is 7.24. The number of rotatable bonds is 4. The minimum atomic E-state index is 0.0202. The van der Waals surface area contributed by atoms with E-state index in [9.17, 15) is 0 Å². The molecule has 7 heteroatoms. The largest absolute Gasteiger partial charge is 0.311 e. The molecule has 0 aliphatic carbocycles. The molecule has 0 aliphatic heterocycles. The van der Waals surface area contributed by atoms with Crippen LogP contribution in [0.1, 0.15) is 17.3 Å². The Bertz CT molecular complexity index is 545. The second-order valence-electron chi connectivity index (χ2n) is 4.13. The summed E-state index contributed by atoms with van der Waals surface area (Å²) in [5.74, 6) is 0. The highest BCUT2D eigenvalue weighted by Gasteiger charge is 2.21. The van der Waals surface area contributed by atoms with Crippen molar-refractivity contribution >= 4 is 39.1 Å². The van der Waals surface area contributed by atoms with E-state index in [1.165, 1.54) is 0 Å². The zero-order valence-electron chi connectivity index (χ0n) is 10.5. The Labute approximate surface area is 130 Å². The lowest BCUT2D eigenvalue weighted by Crippen LogP contribution is -2.22. The summed E-state index contributed by atoms with van der Waals surface area (Å²) in [5, 5.41) is 12.6. The van der Waals surface area contributed by atoms with E-state index in [2.05, 4.69) is 31.6 Å². The van der Waals surface area contributed by atoms with E-state index in [1.807, 2.05) is 32.3 Å². The molecule has 102 valence electrons. The van der Waals surface area contributed by atoms with Crippen LogP contribution in [-0.4, -0.2) is 22.0 Å². The Morgan fingerprint density at radius 1 is 1.37 bits per heavy atom. The molecule has 1 aromatic carbocycles.